The predicted octanol–water partition coefficient (Wildman–Crippen LogP) is 3.09. The molecule has 0 saturated heterocycles. The molecule has 82 valence electrons. The third kappa shape index (κ3) is 2.76. The first-order valence-electron chi connectivity index (χ1n) is 5.26. The highest BCUT2D eigenvalue weighted by Crippen LogP contribution is 2.14. The number of nitrogens with zero attached hydrogens (tertiary/aromatic N) is 3. The standard InChI is InChI=1S/C14H11N3/c1-11(14-4-2-3-9-16-14)17-13-7-5-12(10-15)6-8-13/h2-9H,1H3. The highest BCUT2D eigenvalue weighted by Gasteiger charge is 1.98. The number of aromatic nitrogens is 1. The van der Waals surface area contributed by atoms with Gasteiger partial charge in [0.15, 0.2) is 0 Å². The van der Waals surface area contributed by atoms with E-state index < -0.39 is 0 Å². The van der Waals surface area contributed by atoms with E-state index in [1.54, 1.807) is 18.3 Å². The molecule has 0 atom stereocenters. The molecule has 0 N–H and O–H groups in total. The molecule has 0 spiro atoms. The minimum atomic E-state index is 0.638. The zero-order valence-electron chi connectivity index (χ0n) is 9.46. The van der Waals surface area contributed by atoms with Crippen molar-refractivity contribution in [2.45, 2.75) is 6.92 Å². The molecule has 0 aliphatic carbocycles. The number of nitriles is 1. The van der Waals surface area contributed by atoms with Crippen molar-refractivity contribution in [1.82, 2.24) is 4.98 Å². The van der Waals surface area contributed by atoms with Gasteiger partial charge < -0.3 is 0 Å². The van der Waals surface area contributed by atoms with Crippen LogP contribution in [0.1, 0.15) is 18.2 Å². The van der Waals surface area contributed by atoms with E-state index in [2.05, 4.69) is 16.0 Å². The summed E-state index contributed by atoms with van der Waals surface area (Å²) in [5.41, 5.74) is 3.18. The highest BCUT2D eigenvalue weighted by molar-refractivity contribution is 5.98. The summed E-state index contributed by atoms with van der Waals surface area (Å²) < 4.78 is 0. The van der Waals surface area contributed by atoms with Crippen molar-refractivity contribution in [1.29, 1.82) is 5.26 Å². The van der Waals surface area contributed by atoms with Crippen LogP contribution in [0.15, 0.2) is 53.7 Å². The van der Waals surface area contributed by atoms with E-state index in [1.165, 1.54) is 0 Å². The van der Waals surface area contributed by atoms with E-state index in [-0.39, 0.29) is 0 Å². The largest absolute Gasteiger partial charge is 0.255 e. The Morgan fingerprint density at radius 1 is 1.18 bits per heavy atom. The van der Waals surface area contributed by atoms with E-state index in [1.807, 2.05) is 37.3 Å². The van der Waals surface area contributed by atoms with Crippen LogP contribution < -0.4 is 0 Å². The monoisotopic (exact) mass is 221 g/mol. The average Bonchev–Trinajstić information content (AvgIpc) is 2.40. The molecule has 0 aliphatic heterocycles. The van der Waals surface area contributed by atoms with Gasteiger partial charge in [0.1, 0.15) is 0 Å². The van der Waals surface area contributed by atoms with Crippen LogP contribution in [0.25, 0.3) is 0 Å². The topological polar surface area (TPSA) is 49.0 Å². The molecule has 0 aliphatic rings. The molecule has 0 amide bonds. The van der Waals surface area contributed by atoms with E-state index >= 15 is 0 Å². The smallest absolute Gasteiger partial charge is 0.0991 e. The van der Waals surface area contributed by atoms with Crippen LogP contribution in [-0.4, -0.2) is 10.7 Å². The zero-order chi connectivity index (χ0) is 12.1. The van der Waals surface area contributed by atoms with Gasteiger partial charge in [-0.1, -0.05) is 6.07 Å². The molecule has 3 nitrogen and oxygen atoms in total. The maximum Gasteiger partial charge on any atom is 0.0991 e. The Bertz CT molecular complexity index is 563. The summed E-state index contributed by atoms with van der Waals surface area (Å²) in [5.74, 6) is 0. The van der Waals surface area contributed by atoms with Crippen molar-refractivity contribution in [3.8, 4) is 6.07 Å². The molecule has 1 heterocycles. The summed E-state index contributed by atoms with van der Waals surface area (Å²) in [6.07, 6.45) is 1.74. The summed E-state index contributed by atoms with van der Waals surface area (Å²) in [5, 5.41) is 8.69. The molecule has 1 aromatic carbocycles. The first-order chi connectivity index (χ1) is 8.29. The Morgan fingerprint density at radius 3 is 2.53 bits per heavy atom. The van der Waals surface area contributed by atoms with Crippen LogP contribution in [0.4, 0.5) is 5.69 Å². The van der Waals surface area contributed by atoms with Gasteiger partial charge >= 0.3 is 0 Å². The van der Waals surface area contributed by atoms with E-state index in [4.69, 9.17) is 5.26 Å². The second kappa shape index (κ2) is 5.04. The SMILES string of the molecule is CC(=Nc1ccc(C#N)cc1)c1ccccn1. The van der Waals surface area contributed by atoms with Crippen molar-refractivity contribution in [2.24, 2.45) is 4.99 Å². The summed E-state index contributed by atoms with van der Waals surface area (Å²) in [4.78, 5) is 8.67. The predicted molar refractivity (Wildman–Crippen MR) is 67.3 cm³/mol. The zero-order valence-corrected chi connectivity index (χ0v) is 9.46. The lowest BCUT2D eigenvalue weighted by Gasteiger charge is -1.99. The summed E-state index contributed by atoms with van der Waals surface area (Å²) in [7, 11) is 0. The first kappa shape index (κ1) is 11.0. The molecular formula is C14H11N3. The Hall–Kier alpha value is -2.47. The number of aliphatic imine (C=N–C) groups is 1. The van der Waals surface area contributed by atoms with E-state index in [0.29, 0.717) is 5.56 Å². The van der Waals surface area contributed by atoms with Crippen LogP contribution >= 0.6 is 0 Å². The normalized spacial score (nSPS) is 10.9. The van der Waals surface area contributed by atoms with Gasteiger partial charge in [0, 0.05) is 6.20 Å². The van der Waals surface area contributed by atoms with Gasteiger partial charge in [-0.05, 0) is 43.3 Å². The van der Waals surface area contributed by atoms with Gasteiger partial charge in [-0.2, -0.15) is 5.26 Å². The Balaban J connectivity index is 2.27. The van der Waals surface area contributed by atoms with E-state index in [9.17, 15) is 0 Å². The van der Waals surface area contributed by atoms with Crippen LogP contribution in [0, 0.1) is 11.3 Å². The average molecular weight is 221 g/mol. The van der Waals surface area contributed by atoms with Gasteiger partial charge in [0.05, 0.1) is 28.7 Å². The van der Waals surface area contributed by atoms with Gasteiger partial charge in [0.25, 0.3) is 0 Å². The third-order valence-corrected chi connectivity index (χ3v) is 2.33. The summed E-state index contributed by atoms with van der Waals surface area (Å²) in [6, 6.07) is 15.0. The fourth-order valence-electron chi connectivity index (χ4n) is 1.44. The number of pyridine rings is 1. The fraction of sp³-hybridized carbons (Fsp3) is 0.0714. The highest BCUT2D eigenvalue weighted by atomic mass is 14.8. The number of benzene rings is 1. The maximum atomic E-state index is 8.69. The van der Waals surface area contributed by atoms with Gasteiger partial charge in [0.2, 0.25) is 0 Å². The van der Waals surface area contributed by atoms with Gasteiger partial charge in [-0.15, -0.1) is 0 Å². The van der Waals surface area contributed by atoms with Crippen LogP contribution in [0.5, 0.6) is 0 Å². The van der Waals surface area contributed by atoms with Crippen molar-refractivity contribution < 1.29 is 0 Å². The minimum absolute atomic E-state index is 0.638. The van der Waals surface area contributed by atoms with Crippen LogP contribution in [0.3, 0.4) is 0 Å². The molecule has 17 heavy (non-hydrogen) atoms. The Morgan fingerprint density at radius 2 is 1.94 bits per heavy atom. The number of hydrogen-bond acceptors (Lipinski definition) is 3. The molecule has 0 fully saturated rings. The van der Waals surface area contributed by atoms with Crippen molar-refractivity contribution in [3.63, 3.8) is 0 Å². The van der Waals surface area contributed by atoms with Gasteiger partial charge in [-0.25, -0.2) is 0 Å². The van der Waals surface area contributed by atoms with Crippen molar-refractivity contribution in [3.05, 3.63) is 59.9 Å². The van der Waals surface area contributed by atoms with Crippen LogP contribution in [0.2, 0.25) is 0 Å². The maximum absolute atomic E-state index is 8.69. The third-order valence-electron chi connectivity index (χ3n) is 2.33. The fourth-order valence-corrected chi connectivity index (χ4v) is 1.44. The number of hydrogen-bond donors (Lipinski definition) is 0. The lowest BCUT2D eigenvalue weighted by Crippen LogP contribution is -1.96. The molecule has 0 saturated carbocycles. The first-order valence-corrected chi connectivity index (χ1v) is 5.26. The molecule has 3 heteroatoms. The molecule has 2 aromatic rings. The molecular weight excluding hydrogens is 210 g/mol. The second-order valence-corrected chi connectivity index (χ2v) is 3.57. The lowest BCUT2D eigenvalue weighted by molar-refractivity contribution is 1.28. The molecule has 0 unspecified atom stereocenters. The molecule has 0 radical (unpaired) electrons. The van der Waals surface area contributed by atoms with Crippen molar-refractivity contribution >= 4 is 11.4 Å². The molecule has 0 bridgehead atoms. The van der Waals surface area contributed by atoms with Crippen molar-refractivity contribution in [2.75, 3.05) is 0 Å². The summed E-state index contributed by atoms with van der Waals surface area (Å²) >= 11 is 0. The Labute approximate surface area is 100 Å². The quantitative estimate of drug-likeness (QED) is 0.731. The number of rotatable bonds is 2. The van der Waals surface area contributed by atoms with E-state index in [0.717, 1.165) is 17.1 Å². The second-order valence-electron chi connectivity index (χ2n) is 3.57. The molecule has 1 aromatic heterocycles. The minimum Gasteiger partial charge on any atom is -0.255 e. The lowest BCUT2D eigenvalue weighted by atomic mass is 10.2. The summed E-state index contributed by atoms with van der Waals surface area (Å²) in [6.45, 7) is 1.92. The van der Waals surface area contributed by atoms with Crippen LogP contribution in [-0.2, 0) is 0 Å². The molecule has 2 rings (SSSR count). The van der Waals surface area contributed by atoms with Gasteiger partial charge in [-0.3, -0.25) is 9.98 Å². The Kier molecular flexibility index (Phi) is 3.27.